The predicted octanol–water partition coefficient (Wildman–Crippen LogP) is 3.47. The monoisotopic (exact) mass is 543 g/mol. The van der Waals surface area contributed by atoms with E-state index in [0.717, 1.165) is 24.8 Å². The van der Waals surface area contributed by atoms with Crippen molar-refractivity contribution in [3.63, 3.8) is 0 Å². The number of nitriles is 1. The first kappa shape index (κ1) is 28.0. The molecule has 2 aromatic rings. The second kappa shape index (κ2) is 13.1. The number of Topliss-reactive ketones (excluding diaryl/α,β-unsaturated/α-hetero) is 1. The molecule has 1 fully saturated rings. The minimum absolute atomic E-state index is 0.0191. The SMILES string of the molecule is N#CNC(N)=N[C@@H]1CCC[C@@H](C(=O)Cc2ccc(C[C@H](NC(=O)c3c(Cl)cccc3Cl)C(=O)O)cc2)C1. The summed E-state index contributed by atoms with van der Waals surface area (Å²) in [7, 11) is 0. The Kier molecular flexibility index (Phi) is 9.89. The standard InChI is InChI=1S/C26H27Cl2N5O4/c27-19-5-2-6-20(28)23(19)24(35)33-21(25(36)37)11-15-7-9-16(10-8-15)12-22(34)17-3-1-4-18(13-17)32-26(30)31-14-29/h2,5-10,17-18,21H,1,3-4,11-13H2,(H,33,35)(H,36,37)(H3,30,31,32)/t17-,18-,21+/m1/s1. The van der Waals surface area contributed by atoms with Gasteiger partial charge in [0, 0.05) is 18.8 Å². The normalized spacial score (nSPS) is 18.4. The van der Waals surface area contributed by atoms with Gasteiger partial charge in [-0.15, -0.1) is 0 Å². The summed E-state index contributed by atoms with van der Waals surface area (Å²) in [5.41, 5.74) is 7.17. The van der Waals surface area contributed by atoms with Crippen LogP contribution in [0.1, 0.15) is 47.2 Å². The van der Waals surface area contributed by atoms with Crippen LogP contribution in [0.5, 0.6) is 0 Å². The van der Waals surface area contributed by atoms with E-state index in [2.05, 4.69) is 15.6 Å². The molecule has 3 rings (SSSR count). The second-order valence-electron chi connectivity index (χ2n) is 8.89. The number of carboxylic acid groups (broad SMARTS) is 1. The lowest BCUT2D eigenvalue weighted by Crippen LogP contribution is -2.42. The number of nitrogens with two attached hydrogens (primary N) is 1. The number of carbonyl (C=O) groups excluding carboxylic acids is 2. The van der Waals surface area contributed by atoms with E-state index in [0.29, 0.717) is 12.0 Å². The first-order valence-corrected chi connectivity index (χ1v) is 12.5. The fourth-order valence-corrected chi connectivity index (χ4v) is 4.95. The van der Waals surface area contributed by atoms with E-state index in [1.807, 2.05) is 0 Å². The molecule has 1 saturated carbocycles. The fraction of sp³-hybridized carbons (Fsp3) is 0.346. The van der Waals surface area contributed by atoms with Gasteiger partial charge in [0.05, 0.1) is 21.7 Å². The molecular formula is C26H27Cl2N5O4. The highest BCUT2D eigenvalue weighted by Gasteiger charge is 2.27. The van der Waals surface area contributed by atoms with E-state index >= 15 is 0 Å². The minimum atomic E-state index is -1.20. The van der Waals surface area contributed by atoms with E-state index in [9.17, 15) is 19.5 Å². The Hall–Kier alpha value is -3.61. The molecule has 0 saturated heterocycles. The zero-order valence-corrected chi connectivity index (χ0v) is 21.4. The molecule has 0 aliphatic heterocycles. The van der Waals surface area contributed by atoms with Crippen molar-refractivity contribution in [3.05, 3.63) is 69.2 Å². The first-order chi connectivity index (χ1) is 17.7. The highest BCUT2D eigenvalue weighted by atomic mass is 35.5. The third-order valence-electron chi connectivity index (χ3n) is 6.24. The Morgan fingerprint density at radius 3 is 2.38 bits per heavy atom. The van der Waals surface area contributed by atoms with Gasteiger partial charge in [-0.1, -0.05) is 60.0 Å². The van der Waals surface area contributed by atoms with Crippen molar-refractivity contribution in [2.24, 2.45) is 16.6 Å². The zero-order chi connectivity index (χ0) is 26.9. The number of hydrogen-bond acceptors (Lipinski definition) is 5. The summed E-state index contributed by atoms with van der Waals surface area (Å²) >= 11 is 12.1. The van der Waals surface area contributed by atoms with E-state index in [-0.39, 0.29) is 52.2 Å². The summed E-state index contributed by atoms with van der Waals surface area (Å²) in [6.45, 7) is 0. The molecule has 1 aliphatic carbocycles. The number of hydrogen-bond donors (Lipinski definition) is 4. The molecule has 0 bridgehead atoms. The van der Waals surface area contributed by atoms with Gasteiger partial charge in [0.25, 0.3) is 5.91 Å². The highest BCUT2D eigenvalue weighted by molar-refractivity contribution is 6.39. The van der Waals surface area contributed by atoms with Crippen LogP contribution in [0.4, 0.5) is 0 Å². The van der Waals surface area contributed by atoms with Crippen molar-refractivity contribution in [2.75, 3.05) is 0 Å². The molecule has 194 valence electrons. The molecule has 5 N–H and O–H groups in total. The molecule has 3 atom stereocenters. The van der Waals surface area contributed by atoms with Gasteiger partial charge in [-0.2, -0.15) is 5.26 Å². The molecule has 0 aromatic heterocycles. The van der Waals surface area contributed by atoms with Crippen molar-refractivity contribution in [1.82, 2.24) is 10.6 Å². The van der Waals surface area contributed by atoms with Crippen molar-refractivity contribution >= 4 is 46.8 Å². The maximum absolute atomic E-state index is 12.9. The van der Waals surface area contributed by atoms with Gasteiger partial charge in [-0.05, 0) is 42.5 Å². The van der Waals surface area contributed by atoms with Crippen molar-refractivity contribution < 1.29 is 19.5 Å². The third-order valence-corrected chi connectivity index (χ3v) is 6.87. The van der Waals surface area contributed by atoms with E-state index in [1.54, 1.807) is 36.5 Å². The number of aliphatic carboxylic acids is 1. The van der Waals surface area contributed by atoms with Crippen molar-refractivity contribution in [1.29, 1.82) is 5.26 Å². The Balaban J connectivity index is 1.59. The molecule has 1 aliphatic rings. The van der Waals surface area contributed by atoms with Crippen LogP contribution in [0.2, 0.25) is 10.0 Å². The number of nitrogens with one attached hydrogen (secondary N) is 2. The molecule has 11 heteroatoms. The summed E-state index contributed by atoms with van der Waals surface area (Å²) in [4.78, 5) is 41.6. The molecule has 37 heavy (non-hydrogen) atoms. The van der Waals surface area contributed by atoms with Gasteiger partial charge in [-0.25, -0.2) is 9.79 Å². The maximum Gasteiger partial charge on any atom is 0.326 e. The molecule has 1 amide bonds. The van der Waals surface area contributed by atoms with Gasteiger partial charge >= 0.3 is 5.97 Å². The first-order valence-electron chi connectivity index (χ1n) is 11.7. The predicted molar refractivity (Wildman–Crippen MR) is 140 cm³/mol. The largest absolute Gasteiger partial charge is 0.480 e. The summed E-state index contributed by atoms with van der Waals surface area (Å²) < 4.78 is 0. The molecule has 9 nitrogen and oxygen atoms in total. The Bertz CT molecular complexity index is 1210. The van der Waals surface area contributed by atoms with E-state index in [4.69, 9.17) is 34.2 Å². The van der Waals surface area contributed by atoms with Crippen LogP contribution in [0, 0.1) is 17.4 Å². The molecule has 2 aromatic carbocycles. The van der Waals surface area contributed by atoms with Crippen LogP contribution >= 0.6 is 23.2 Å². The minimum Gasteiger partial charge on any atom is -0.480 e. The van der Waals surface area contributed by atoms with Crippen LogP contribution in [0.25, 0.3) is 0 Å². The lowest BCUT2D eigenvalue weighted by Gasteiger charge is -2.26. The number of rotatable bonds is 9. The van der Waals surface area contributed by atoms with Gasteiger partial charge in [-0.3, -0.25) is 14.9 Å². The van der Waals surface area contributed by atoms with Crippen molar-refractivity contribution in [2.45, 2.75) is 50.6 Å². The quantitative estimate of drug-likeness (QED) is 0.163. The topological polar surface area (TPSA) is 158 Å². The van der Waals surface area contributed by atoms with Gasteiger partial charge in [0.15, 0.2) is 6.19 Å². The molecule has 0 unspecified atom stereocenters. The number of aliphatic imine (C=N–C) groups is 1. The van der Waals surface area contributed by atoms with Crippen molar-refractivity contribution in [3.8, 4) is 6.19 Å². The molecule has 0 heterocycles. The number of carboxylic acids is 1. The van der Waals surface area contributed by atoms with Crippen LogP contribution in [-0.2, 0) is 22.4 Å². The van der Waals surface area contributed by atoms with Crippen LogP contribution in [0.15, 0.2) is 47.5 Å². The van der Waals surface area contributed by atoms with E-state index < -0.39 is 17.9 Å². The smallest absolute Gasteiger partial charge is 0.326 e. The number of amides is 1. The summed E-state index contributed by atoms with van der Waals surface area (Å²) in [6.07, 6.45) is 5.05. The maximum atomic E-state index is 12.9. The summed E-state index contributed by atoms with van der Waals surface area (Å²) in [5.74, 6) is -1.85. The van der Waals surface area contributed by atoms with Gasteiger partial charge < -0.3 is 16.2 Å². The zero-order valence-electron chi connectivity index (χ0n) is 19.9. The second-order valence-corrected chi connectivity index (χ2v) is 9.71. The average Bonchev–Trinajstić information content (AvgIpc) is 2.85. The Morgan fingerprint density at radius 1 is 1.11 bits per heavy atom. The fourth-order valence-electron chi connectivity index (χ4n) is 4.38. The van der Waals surface area contributed by atoms with Gasteiger partial charge in [0.1, 0.15) is 11.8 Å². The molecular weight excluding hydrogens is 517 g/mol. The van der Waals surface area contributed by atoms with E-state index in [1.165, 1.54) is 12.1 Å². The van der Waals surface area contributed by atoms with Crippen LogP contribution in [0.3, 0.4) is 0 Å². The number of benzene rings is 2. The number of carbonyl (C=O) groups is 3. The lowest BCUT2D eigenvalue weighted by atomic mass is 9.81. The summed E-state index contributed by atoms with van der Waals surface area (Å²) in [6, 6.07) is 10.3. The molecule has 0 spiro atoms. The highest BCUT2D eigenvalue weighted by Crippen LogP contribution is 2.28. The number of guanidine groups is 1. The number of ketones is 1. The Labute approximate surface area is 224 Å². The lowest BCUT2D eigenvalue weighted by molar-refractivity contribution is -0.139. The number of halogens is 2. The Morgan fingerprint density at radius 2 is 1.76 bits per heavy atom. The third kappa shape index (κ3) is 7.94. The number of nitrogens with zero attached hydrogens (tertiary/aromatic N) is 2. The average molecular weight is 544 g/mol. The van der Waals surface area contributed by atoms with Gasteiger partial charge in [0.2, 0.25) is 5.96 Å². The van der Waals surface area contributed by atoms with Crippen LogP contribution in [-0.4, -0.2) is 40.8 Å². The molecule has 0 radical (unpaired) electrons. The van der Waals surface area contributed by atoms with Crippen LogP contribution < -0.4 is 16.4 Å². The summed E-state index contributed by atoms with van der Waals surface area (Å²) in [5, 5.41) is 23.3.